The number of aromatic nitrogens is 5. The molecule has 0 radical (unpaired) electrons. The van der Waals surface area contributed by atoms with Crippen LogP contribution in [0.2, 0.25) is 5.15 Å². The van der Waals surface area contributed by atoms with Crippen LogP contribution in [0.3, 0.4) is 0 Å². The van der Waals surface area contributed by atoms with Crippen molar-refractivity contribution in [2.45, 2.75) is 19.8 Å². The Morgan fingerprint density at radius 3 is 2.73 bits per heavy atom. The quantitative estimate of drug-likeness (QED) is 0.729. The van der Waals surface area contributed by atoms with Gasteiger partial charge in [-0.15, -0.1) is 0 Å². The molecule has 0 aliphatic rings. The number of nitrogens with zero attached hydrogens (tertiary/aromatic N) is 5. The van der Waals surface area contributed by atoms with Crippen molar-refractivity contribution in [3.63, 3.8) is 0 Å². The molecule has 15 heavy (non-hydrogen) atoms. The van der Waals surface area contributed by atoms with Gasteiger partial charge in [0.15, 0.2) is 5.82 Å². The van der Waals surface area contributed by atoms with Gasteiger partial charge in [-0.1, -0.05) is 25.4 Å². The molecule has 2 aromatic heterocycles. The van der Waals surface area contributed by atoms with Gasteiger partial charge in [0.05, 0.1) is 0 Å². The molecule has 5 nitrogen and oxygen atoms in total. The van der Waals surface area contributed by atoms with Crippen LogP contribution in [0.5, 0.6) is 0 Å². The normalized spacial score (nSPS) is 10.9. The summed E-state index contributed by atoms with van der Waals surface area (Å²) in [5.41, 5.74) is 0. The standard InChI is InChI=1S/C9H10ClN5/c1-6(2)9-13-7(10)3-8(14-9)15-5-11-4-12-15/h3-6H,1-2H3. The van der Waals surface area contributed by atoms with Crippen LogP contribution in [-0.4, -0.2) is 24.7 Å². The van der Waals surface area contributed by atoms with E-state index in [9.17, 15) is 0 Å². The van der Waals surface area contributed by atoms with Gasteiger partial charge in [0.2, 0.25) is 0 Å². The number of rotatable bonds is 2. The molecule has 0 aliphatic heterocycles. The van der Waals surface area contributed by atoms with Crippen molar-refractivity contribution in [3.8, 4) is 5.82 Å². The lowest BCUT2D eigenvalue weighted by atomic mass is 10.2. The molecular weight excluding hydrogens is 214 g/mol. The molecule has 0 amide bonds. The van der Waals surface area contributed by atoms with Crippen LogP contribution in [0.15, 0.2) is 18.7 Å². The summed E-state index contributed by atoms with van der Waals surface area (Å²) in [7, 11) is 0. The zero-order valence-electron chi connectivity index (χ0n) is 8.42. The average Bonchev–Trinajstić information content (AvgIpc) is 2.69. The third-order valence-electron chi connectivity index (χ3n) is 1.87. The number of hydrogen-bond donors (Lipinski definition) is 0. The van der Waals surface area contributed by atoms with Gasteiger partial charge < -0.3 is 0 Å². The fourth-order valence-electron chi connectivity index (χ4n) is 1.12. The first-order valence-corrected chi connectivity index (χ1v) is 4.94. The fraction of sp³-hybridized carbons (Fsp3) is 0.333. The summed E-state index contributed by atoms with van der Waals surface area (Å²) >= 11 is 5.90. The molecule has 0 aliphatic carbocycles. The maximum Gasteiger partial charge on any atom is 0.160 e. The Balaban J connectivity index is 2.49. The molecule has 0 unspecified atom stereocenters. The lowest BCUT2D eigenvalue weighted by Gasteiger charge is -2.06. The molecule has 0 N–H and O–H groups in total. The van der Waals surface area contributed by atoms with Crippen LogP contribution < -0.4 is 0 Å². The van der Waals surface area contributed by atoms with Crippen molar-refractivity contribution >= 4 is 11.6 Å². The third kappa shape index (κ3) is 2.12. The monoisotopic (exact) mass is 223 g/mol. The van der Waals surface area contributed by atoms with E-state index in [0.717, 1.165) is 0 Å². The molecule has 2 heterocycles. The van der Waals surface area contributed by atoms with E-state index >= 15 is 0 Å². The van der Waals surface area contributed by atoms with Gasteiger partial charge in [-0.2, -0.15) is 5.10 Å². The molecule has 0 aromatic carbocycles. The molecule has 0 saturated heterocycles. The van der Waals surface area contributed by atoms with Crippen LogP contribution >= 0.6 is 11.6 Å². The summed E-state index contributed by atoms with van der Waals surface area (Å²) in [6, 6.07) is 1.65. The van der Waals surface area contributed by atoms with Crippen molar-refractivity contribution < 1.29 is 0 Å². The van der Waals surface area contributed by atoms with E-state index in [1.165, 1.54) is 6.33 Å². The highest BCUT2D eigenvalue weighted by molar-refractivity contribution is 6.29. The second-order valence-corrected chi connectivity index (χ2v) is 3.79. The third-order valence-corrected chi connectivity index (χ3v) is 2.06. The van der Waals surface area contributed by atoms with E-state index in [-0.39, 0.29) is 5.92 Å². The predicted molar refractivity (Wildman–Crippen MR) is 56.0 cm³/mol. The first-order valence-electron chi connectivity index (χ1n) is 4.56. The van der Waals surface area contributed by atoms with E-state index in [0.29, 0.717) is 16.8 Å². The Kier molecular flexibility index (Phi) is 2.64. The molecule has 0 spiro atoms. The number of hydrogen-bond acceptors (Lipinski definition) is 4. The van der Waals surface area contributed by atoms with Crippen molar-refractivity contribution in [3.05, 3.63) is 29.7 Å². The van der Waals surface area contributed by atoms with Gasteiger partial charge in [-0.3, -0.25) is 0 Å². The Hall–Kier alpha value is -1.49. The Morgan fingerprint density at radius 1 is 1.33 bits per heavy atom. The Morgan fingerprint density at radius 2 is 2.13 bits per heavy atom. The van der Waals surface area contributed by atoms with Crippen LogP contribution in [0.25, 0.3) is 5.82 Å². The fourth-order valence-corrected chi connectivity index (χ4v) is 1.31. The van der Waals surface area contributed by atoms with Crippen LogP contribution in [-0.2, 0) is 0 Å². The van der Waals surface area contributed by atoms with Crippen molar-refractivity contribution in [2.75, 3.05) is 0 Å². The summed E-state index contributed by atoms with van der Waals surface area (Å²) < 4.78 is 1.56. The topological polar surface area (TPSA) is 56.5 Å². The van der Waals surface area contributed by atoms with E-state index in [1.807, 2.05) is 13.8 Å². The highest BCUT2D eigenvalue weighted by Crippen LogP contribution is 2.15. The Labute approximate surface area is 92.2 Å². The summed E-state index contributed by atoms with van der Waals surface area (Å²) in [5.74, 6) is 1.56. The van der Waals surface area contributed by atoms with Crippen LogP contribution in [0, 0.1) is 0 Å². The lowest BCUT2D eigenvalue weighted by molar-refractivity contribution is 0.745. The maximum atomic E-state index is 5.90. The second kappa shape index (κ2) is 3.94. The van der Waals surface area contributed by atoms with Crippen molar-refractivity contribution in [1.82, 2.24) is 24.7 Å². The van der Waals surface area contributed by atoms with E-state index in [2.05, 4.69) is 20.1 Å². The first-order chi connectivity index (χ1) is 7.16. The van der Waals surface area contributed by atoms with E-state index < -0.39 is 0 Å². The van der Waals surface area contributed by atoms with Gasteiger partial charge in [0.25, 0.3) is 0 Å². The largest absolute Gasteiger partial charge is 0.223 e. The minimum absolute atomic E-state index is 0.228. The predicted octanol–water partition coefficient (Wildman–Crippen LogP) is 1.83. The molecule has 2 rings (SSSR count). The first kappa shape index (κ1) is 10.0. The smallest absolute Gasteiger partial charge is 0.160 e. The minimum atomic E-state index is 0.228. The van der Waals surface area contributed by atoms with Gasteiger partial charge in [0.1, 0.15) is 23.6 Å². The Bertz CT molecular complexity index is 452. The summed E-state index contributed by atoms with van der Waals surface area (Å²) in [6.07, 6.45) is 3.02. The number of halogens is 1. The average molecular weight is 224 g/mol. The molecular formula is C9H10ClN5. The van der Waals surface area contributed by atoms with Gasteiger partial charge in [0, 0.05) is 12.0 Å². The summed E-state index contributed by atoms with van der Waals surface area (Å²) in [4.78, 5) is 12.3. The maximum absolute atomic E-state index is 5.90. The van der Waals surface area contributed by atoms with E-state index in [4.69, 9.17) is 11.6 Å². The SMILES string of the molecule is CC(C)c1nc(Cl)cc(-n2cncn2)n1. The highest BCUT2D eigenvalue weighted by atomic mass is 35.5. The second-order valence-electron chi connectivity index (χ2n) is 3.40. The molecule has 0 atom stereocenters. The highest BCUT2D eigenvalue weighted by Gasteiger charge is 2.08. The summed E-state index contributed by atoms with van der Waals surface area (Å²) in [6.45, 7) is 4.02. The zero-order chi connectivity index (χ0) is 10.8. The van der Waals surface area contributed by atoms with Gasteiger partial charge in [-0.05, 0) is 0 Å². The molecule has 0 fully saturated rings. The minimum Gasteiger partial charge on any atom is -0.223 e. The van der Waals surface area contributed by atoms with Gasteiger partial charge >= 0.3 is 0 Å². The zero-order valence-corrected chi connectivity index (χ0v) is 9.18. The van der Waals surface area contributed by atoms with Crippen LogP contribution in [0.1, 0.15) is 25.6 Å². The van der Waals surface area contributed by atoms with E-state index in [1.54, 1.807) is 17.1 Å². The molecule has 2 aromatic rings. The summed E-state index contributed by atoms with van der Waals surface area (Å²) in [5, 5.41) is 4.40. The lowest BCUT2D eigenvalue weighted by Crippen LogP contribution is -2.04. The molecule has 6 heteroatoms. The van der Waals surface area contributed by atoms with Gasteiger partial charge in [-0.25, -0.2) is 19.6 Å². The van der Waals surface area contributed by atoms with Crippen molar-refractivity contribution in [2.24, 2.45) is 0 Å². The van der Waals surface area contributed by atoms with Crippen molar-refractivity contribution in [1.29, 1.82) is 0 Å². The molecule has 78 valence electrons. The van der Waals surface area contributed by atoms with Crippen LogP contribution in [0.4, 0.5) is 0 Å². The molecule has 0 saturated carbocycles. The molecule has 0 bridgehead atoms.